The summed E-state index contributed by atoms with van der Waals surface area (Å²) in [6.45, 7) is 1.96. The largest absolute Gasteiger partial charge is 0.481 e. The number of hydrogen-bond donors (Lipinski definition) is 3. The van der Waals surface area contributed by atoms with Crippen molar-refractivity contribution in [3.63, 3.8) is 0 Å². The molecule has 23 heavy (non-hydrogen) atoms. The summed E-state index contributed by atoms with van der Waals surface area (Å²) in [4.78, 5) is 22.2. The average Bonchev–Trinajstić information content (AvgIpc) is 2.76. The Hall–Kier alpha value is -1.46. The van der Waals surface area contributed by atoms with Crippen LogP contribution < -0.4 is 0 Å². The van der Waals surface area contributed by atoms with Crippen LogP contribution in [0.1, 0.15) is 51.9 Å². The van der Waals surface area contributed by atoms with E-state index in [1.165, 1.54) is 0 Å². The standard InChI is InChI=1S/C18H28O5/c1-2-14-15(17(21)12-16(14)20)11-10-13(19)8-6-4-3-5-7-9-18(22)23/h4,6,10-11,13-16,19-20H,2-3,5,7-9,12H2,1H3,(H,22,23)/b6-4-,11-10+/t13-,14+,15-,16+/m1/s1. The van der Waals surface area contributed by atoms with Crippen LogP contribution in [-0.4, -0.2) is 39.3 Å². The molecule has 0 amide bonds. The molecule has 1 aliphatic carbocycles. The van der Waals surface area contributed by atoms with Crippen LogP contribution >= 0.6 is 0 Å². The van der Waals surface area contributed by atoms with Gasteiger partial charge in [-0.15, -0.1) is 0 Å². The van der Waals surface area contributed by atoms with Gasteiger partial charge in [0.05, 0.1) is 12.2 Å². The fourth-order valence-corrected chi connectivity index (χ4v) is 2.97. The molecule has 5 nitrogen and oxygen atoms in total. The summed E-state index contributed by atoms with van der Waals surface area (Å²) in [6.07, 6.45) is 9.87. The summed E-state index contributed by atoms with van der Waals surface area (Å²) in [7, 11) is 0. The number of aliphatic carboxylic acids is 1. The molecule has 0 bridgehead atoms. The number of allylic oxidation sites excluding steroid dienone is 2. The van der Waals surface area contributed by atoms with Crippen LogP contribution in [0.25, 0.3) is 0 Å². The highest BCUT2D eigenvalue weighted by atomic mass is 16.4. The van der Waals surface area contributed by atoms with E-state index in [0.29, 0.717) is 12.8 Å². The quantitative estimate of drug-likeness (QED) is 0.424. The van der Waals surface area contributed by atoms with E-state index in [4.69, 9.17) is 5.11 Å². The van der Waals surface area contributed by atoms with Crippen molar-refractivity contribution in [3.8, 4) is 0 Å². The molecule has 0 saturated heterocycles. The third-order valence-corrected chi connectivity index (χ3v) is 4.31. The molecule has 0 aromatic rings. The number of Topliss-reactive ketones (excluding diaryl/α,β-unsaturated/α-hetero) is 1. The van der Waals surface area contributed by atoms with E-state index in [2.05, 4.69) is 0 Å². The first-order valence-electron chi connectivity index (χ1n) is 8.39. The first-order chi connectivity index (χ1) is 11.0. The van der Waals surface area contributed by atoms with Gasteiger partial charge in [0, 0.05) is 18.8 Å². The number of aliphatic hydroxyl groups is 2. The van der Waals surface area contributed by atoms with Gasteiger partial charge < -0.3 is 15.3 Å². The highest BCUT2D eigenvalue weighted by Crippen LogP contribution is 2.32. The van der Waals surface area contributed by atoms with Gasteiger partial charge in [-0.2, -0.15) is 0 Å². The minimum atomic E-state index is -0.772. The topological polar surface area (TPSA) is 94.8 Å². The third kappa shape index (κ3) is 7.10. The Morgan fingerprint density at radius 1 is 1.35 bits per heavy atom. The predicted octanol–water partition coefficient (Wildman–Crippen LogP) is 2.47. The summed E-state index contributed by atoms with van der Waals surface area (Å²) in [5, 5.41) is 28.2. The molecule has 0 heterocycles. The molecular weight excluding hydrogens is 296 g/mol. The van der Waals surface area contributed by atoms with Crippen LogP contribution in [0.2, 0.25) is 0 Å². The van der Waals surface area contributed by atoms with Gasteiger partial charge in [-0.1, -0.05) is 31.2 Å². The van der Waals surface area contributed by atoms with Crippen LogP contribution in [0.5, 0.6) is 0 Å². The van der Waals surface area contributed by atoms with E-state index in [1.807, 2.05) is 19.1 Å². The zero-order chi connectivity index (χ0) is 17.2. The molecule has 1 rings (SSSR count). The molecule has 0 unspecified atom stereocenters. The maximum atomic E-state index is 11.8. The Labute approximate surface area is 137 Å². The number of carboxylic acids is 1. The lowest BCUT2D eigenvalue weighted by molar-refractivity contribution is -0.137. The number of carboxylic acid groups (broad SMARTS) is 1. The Bertz CT molecular complexity index is 441. The number of aliphatic hydroxyl groups excluding tert-OH is 2. The first kappa shape index (κ1) is 19.6. The fourth-order valence-electron chi connectivity index (χ4n) is 2.97. The zero-order valence-corrected chi connectivity index (χ0v) is 13.7. The highest BCUT2D eigenvalue weighted by Gasteiger charge is 2.38. The number of carbonyl (C=O) groups is 2. The summed E-state index contributed by atoms with van der Waals surface area (Å²) in [5.41, 5.74) is 0. The van der Waals surface area contributed by atoms with E-state index in [9.17, 15) is 19.8 Å². The summed E-state index contributed by atoms with van der Waals surface area (Å²) < 4.78 is 0. The lowest BCUT2D eigenvalue weighted by Crippen LogP contribution is -2.18. The van der Waals surface area contributed by atoms with Crippen molar-refractivity contribution >= 4 is 11.8 Å². The molecule has 0 radical (unpaired) electrons. The van der Waals surface area contributed by atoms with Crippen molar-refractivity contribution in [2.45, 2.75) is 64.1 Å². The highest BCUT2D eigenvalue weighted by molar-refractivity contribution is 5.85. The van der Waals surface area contributed by atoms with Gasteiger partial charge in [0.25, 0.3) is 0 Å². The summed E-state index contributed by atoms with van der Waals surface area (Å²) in [5.74, 6) is -1.06. The van der Waals surface area contributed by atoms with E-state index < -0.39 is 18.2 Å². The fraction of sp³-hybridized carbons (Fsp3) is 0.667. The van der Waals surface area contributed by atoms with Gasteiger partial charge in [-0.05, 0) is 38.0 Å². The molecule has 0 aromatic carbocycles. The van der Waals surface area contributed by atoms with Crippen LogP contribution in [-0.2, 0) is 9.59 Å². The van der Waals surface area contributed by atoms with Gasteiger partial charge in [-0.3, -0.25) is 9.59 Å². The second kappa shape index (κ2) is 10.3. The molecule has 3 N–H and O–H groups in total. The monoisotopic (exact) mass is 324 g/mol. The van der Waals surface area contributed by atoms with Gasteiger partial charge in [0.2, 0.25) is 0 Å². The van der Waals surface area contributed by atoms with Crippen LogP contribution in [0.4, 0.5) is 0 Å². The van der Waals surface area contributed by atoms with Gasteiger partial charge in [-0.25, -0.2) is 0 Å². The number of hydrogen-bond acceptors (Lipinski definition) is 4. The Balaban J connectivity index is 2.28. The molecule has 4 atom stereocenters. The SMILES string of the molecule is CC[C@@H]1[C@@H](O)CC(=O)[C@@H]1/C=C/[C@H](O)C/C=C\CCCCC(=O)O. The van der Waals surface area contributed by atoms with Crippen molar-refractivity contribution < 1.29 is 24.9 Å². The molecule has 0 aliphatic heterocycles. The molecular formula is C18H28O5. The van der Waals surface area contributed by atoms with Crippen molar-refractivity contribution in [2.24, 2.45) is 11.8 Å². The predicted molar refractivity (Wildman–Crippen MR) is 87.9 cm³/mol. The number of ketones is 1. The van der Waals surface area contributed by atoms with E-state index in [-0.39, 0.29) is 30.5 Å². The Morgan fingerprint density at radius 2 is 2.09 bits per heavy atom. The second-order valence-electron chi connectivity index (χ2n) is 6.13. The van der Waals surface area contributed by atoms with Crippen molar-refractivity contribution in [3.05, 3.63) is 24.3 Å². The van der Waals surface area contributed by atoms with Crippen molar-refractivity contribution in [2.75, 3.05) is 0 Å². The first-order valence-corrected chi connectivity index (χ1v) is 8.39. The van der Waals surface area contributed by atoms with Crippen LogP contribution in [0.3, 0.4) is 0 Å². The summed E-state index contributed by atoms with van der Waals surface area (Å²) >= 11 is 0. The third-order valence-electron chi connectivity index (χ3n) is 4.31. The van der Waals surface area contributed by atoms with Crippen LogP contribution in [0.15, 0.2) is 24.3 Å². The second-order valence-corrected chi connectivity index (χ2v) is 6.13. The molecule has 130 valence electrons. The maximum Gasteiger partial charge on any atom is 0.303 e. The Kier molecular flexibility index (Phi) is 8.81. The molecule has 1 fully saturated rings. The molecule has 1 aliphatic rings. The number of unbranched alkanes of at least 4 members (excludes halogenated alkanes) is 2. The lowest BCUT2D eigenvalue weighted by Gasteiger charge is -2.16. The molecule has 0 aromatic heterocycles. The van der Waals surface area contributed by atoms with E-state index in [1.54, 1.807) is 12.2 Å². The lowest BCUT2D eigenvalue weighted by atomic mass is 9.91. The van der Waals surface area contributed by atoms with Crippen LogP contribution in [0, 0.1) is 11.8 Å². The van der Waals surface area contributed by atoms with Crippen molar-refractivity contribution in [1.29, 1.82) is 0 Å². The van der Waals surface area contributed by atoms with Crippen molar-refractivity contribution in [1.82, 2.24) is 0 Å². The smallest absolute Gasteiger partial charge is 0.303 e. The minimum absolute atomic E-state index is 0.0433. The minimum Gasteiger partial charge on any atom is -0.481 e. The van der Waals surface area contributed by atoms with E-state index in [0.717, 1.165) is 19.3 Å². The number of rotatable bonds is 10. The number of carbonyl (C=O) groups excluding carboxylic acids is 1. The molecule has 5 heteroatoms. The maximum absolute atomic E-state index is 11.8. The zero-order valence-electron chi connectivity index (χ0n) is 13.7. The van der Waals surface area contributed by atoms with Gasteiger partial charge in [0.1, 0.15) is 5.78 Å². The van der Waals surface area contributed by atoms with E-state index >= 15 is 0 Å². The van der Waals surface area contributed by atoms with Gasteiger partial charge >= 0.3 is 5.97 Å². The Morgan fingerprint density at radius 3 is 2.74 bits per heavy atom. The van der Waals surface area contributed by atoms with Gasteiger partial charge in [0.15, 0.2) is 0 Å². The average molecular weight is 324 g/mol. The summed E-state index contributed by atoms with van der Waals surface area (Å²) in [6, 6.07) is 0. The molecule has 0 spiro atoms. The normalized spacial score (nSPS) is 26.4. The molecule has 1 saturated carbocycles.